The van der Waals surface area contributed by atoms with E-state index in [4.69, 9.17) is 9.47 Å². The largest absolute Gasteiger partial charge is 0.493 e. The topological polar surface area (TPSA) is 50.8 Å². The average Bonchev–Trinajstić information content (AvgIpc) is 3.35. The molecule has 5 nitrogen and oxygen atoms in total. The first-order valence-corrected chi connectivity index (χ1v) is 16.0. The van der Waals surface area contributed by atoms with Crippen molar-refractivity contribution < 1.29 is 14.3 Å². The number of thioether (sulfide) groups is 1. The molecule has 0 aliphatic carbocycles. The van der Waals surface area contributed by atoms with Crippen molar-refractivity contribution >= 4 is 23.4 Å². The Kier molecular flexibility index (Phi) is 14.8. The Labute approximate surface area is 240 Å². The van der Waals surface area contributed by atoms with E-state index < -0.39 is 0 Å². The summed E-state index contributed by atoms with van der Waals surface area (Å²) < 4.78 is 11.7. The van der Waals surface area contributed by atoms with Crippen LogP contribution in [-0.4, -0.2) is 29.9 Å². The first kappa shape index (κ1) is 30.9. The molecule has 0 radical (unpaired) electrons. The van der Waals surface area contributed by atoms with Gasteiger partial charge in [-0.3, -0.25) is 4.79 Å². The predicted octanol–water partition coefficient (Wildman–Crippen LogP) is 9.15. The molecule has 2 aromatic rings. The number of nitrogens with zero attached hydrogens (tertiary/aromatic N) is 1. The number of para-hydroxylation sites is 1. The third kappa shape index (κ3) is 12.4. The molecular formula is C33H48N2O3S. The smallest absolute Gasteiger partial charge is 0.262 e. The lowest BCUT2D eigenvalue weighted by Gasteiger charge is -2.21. The van der Waals surface area contributed by atoms with Crippen molar-refractivity contribution in [3.63, 3.8) is 0 Å². The summed E-state index contributed by atoms with van der Waals surface area (Å²) >= 11 is 1.80. The van der Waals surface area contributed by atoms with Gasteiger partial charge >= 0.3 is 0 Å². The van der Waals surface area contributed by atoms with Crippen molar-refractivity contribution in [1.82, 2.24) is 4.90 Å². The van der Waals surface area contributed by atoms with Crippen LogP contribution < -0.4 is 14.8 Å². The summed E-state index contributed by atoms with van der Waals surface area (Å²) in [4.78, 5) is 14.9. The third-order valence-electron chi connectivity index (χ3n) is 7.08. The Morgan fingerprint density at radius 1 is 0.846 bits per heavy atom. The number of hydrogen-bond donors (Lipinski definition) is 1. The second-order valence-electron chi connectivity index (χ2n) is 10.5. The zero-order valence-corrected chi connectivity index (χ0v) is 24.9. The Morgan fingerprint density at radius 2 is 1.49 bits per heavy atom. The van der Waals surface area contributed by atoms with Crippen LogP contribution in [-0.2, 0) is 11.3 Å². The van der Waals surface area contributed by atoms with Crippen LogP contribution in [0.3, 0.4) is 0 Å². The van der Waals surface area contributed by atoms with Gasteiger partial charge in [-0.25, -0.2) is 0 Å². The quantitative estimate of drug-likeness (QED) is 0.166. The molecule has 0 fully saturated rings. The fourth-order valence-electron chi connectivity index (χ4n) is 4.70. The van der Waals surface area contributed by atoms with Crippen LogP contribution in [0.2, 0.25) is 0 Å². The molecule has 1 amide bonds. The molecule has 3 rings (SSSR count). The molecule has 1 aliphatic heterocycles. The van der Waals surface area contributed by atoms with Crippen LogP contribution in [0.1, 0.15) is 96.5 Å². The Morgan fingerprint density at radius 3 is 2.15 bits per heavy atom. The van der Waals surface area contributed by atoms with Gasteiger partial charge < -0.3 is 19.7 Å². The van der Waals surface area contributed by atoms with Crippen LogP contribution in [0.5, 0.6) is 11.5 Å². The van der Waals surface area contributed by atoms with Gasteiger partial charge in [0.05, 0.1) is 12.5 Å². The van der Waals surface area contributed by atoms with E-state index in [-0.39, 0.29) is 12.5 Å². The molecule has 0 aromatic heterocycles. The van der Waals surface area contributed by atoms with Gasteiger partial charge in [0, 0.05) is 24.0 Å². The van der Waals surface area contributed by atoms with Crippen molar-refractivity contribution in [1.29, 1.82) is 0 Å². The number of ether oxygens (including phenoxy) is 2. The minimum absolute atomic E-state index is 0.0466. The van der Waals surface area contributed by atoms with Gasteiger partial charge in [-0.2, -0.15) is 0 Å². The molecular weight excluding hydrogens is 504 g/mol. The molecule has 0 saturated heterocycles. The highest BCUT2D eigenvalue weighted by molar-refractivity contribution is 8.02. The molecule has 1 N–H and O–H groups in total. The van der Waals surface area contributed by atoms with E-state index in [0.29, 0.717) is 12.4 Å². The summed E-state index contributed by atoms with van der Waals surface area (Å²) in [7, 11) is 0. The SMILES string of the molecule is CCCCCCCCCCCCCCOc1cccc(OCC(=O)Nc2ccccc2CN2CSC=C2C)c1. The van der Waals surface area contributed by atoms with E-state index in [1.807, 2.05) is 42.5 Å². The molecule has 0 unspecified atom stereocenters. The fourth-order valence-corrected chi connectivity index (χ4v) is 5.64. The molecule has 39 heavy (non-hydrogen) atoms. The van der Waals surface area contributed by atoms with Crippen molar-refractivity contribution in [3.05, 3.63) is 65.2 Å². The van der Waals surface area contributed by atoms with Gasteiger partial charge in [-0.05, 0) is 42.5 Å². The van der Waals surface area contributed by atoms with E-state index in [2.05, 4.69) is 35.5 Å². The number of allylic oxidation sites excluding steroid dienone is 1. The van der Waals surface area contributed by atoms with Gasteiger partial charge in [0.1, 0.15) is 11.5 Å². The number of anilines is 1. The molecule has 0 atom stereocenters. The summed E-state index contributed by atoms with van der Waals surface area (Å²) in [6.45, 7) is 5.82. The number of carbonyl (C=O) groups is 1. The molecule has 0 spiro atoms. The van der Waals surface area contributed by atoms with Gasteiger partial charge in [-0.1, -0.05) is 102 Å². The van der Waals surface area contributed by atoms with Crippen molar-refractivity contribution in [2.24, 2.45) is 0 Å². The first-order chi connectivity index (χ1) is 19.2. The zero-order chi connectivity index (χ0) is 27.5. The second-order valence-corrected chi connectivity index (χ2v) is 11.3. The molecule has 214 valence electrons. The van der Waals surface area contributed by atoms with Crippen LogP contribution in [0, 0.1) is 0 Å². The van der Waals surface area contributed by atoms with E-state index in [1.54, 1.807) is 11.8 Å². The van der Waals surface area contributed by atoms with Gasteiger partial charge in [0.15, 0.2) is 6.61 Å². The molecule has 1 aliphatic rings. The number of carbonyl (C=O) groups excluding carboxylic acids is 1. The molecule has 0 bridgehead atoms. The zero-order valence-electron chi connectivity index (χ0n) is 24.1. The van der Waals surface area contributed by atoms with E-state index in [9.17, 15) is 4.79 Å². The van der Waals surface area contributed by atoms with Gasteiger partial charge in [-0.15, -0.1) is 11.8 Å². The third-order valence-corrected chi connectivity index (χ3v) is 8.05. The highest BCUT2D eigenvalue weighted by Gasteiger charge is 2.15. The summed E-state index contributed by atoms with van der Waals surface area (Å²) in [5.74, 6) is 2.19. The first-order valence-electron chi connectivity index (χ1n) is 14.9. The summed E-state index contributed by atoms with van der Waals surface area (Å²) in [5.41, 5.74) is 3.18. The monoisotopic (exact) mass is 552 g/mol. The highest BCUT2D eigenvalue weighted by Crippen LogP contribution is 2.27. The van der Waals surface area contributed by atoms with E-state index >= 15 is 0 Å². The highest BCUT2D eigenvalue weighted by atomic mass is 32.2. The maximum absolute atomic E-state index is 12.6. The van der Waals surface area contributed by atoms with E-state index in [1.165, 1.54) is 76.3 Å². The van der Waals surface area contributed by atoms with Crippen LogP contribution >= 0.6 is 11.8 Å². The number of benzene rings is 2. The molecule has 0 saturated carbocycles. The minimum atomic E-state index is -0.173. The van der Waals surface area contributed by atoms with Crippen molar-refractivity contribution in [2.45, 2.75) is 97.4 Å². The number of amides is 1. The predicted molar refractivity (Wildman–Crippen MR) is 165 cm³/mol. The van der Waals surface area contributed by atoms with Crippen LogP contribution in [0.4, 0.5) is 5.69 Å². The lowest BCUT2D eigenvalue weighted by molar-refractivity contribution is -0.118. The standard InChI is InChI=1S/C33H48N2O3S/c1-3-4-5-6-7-8-9-10-11-12-13-16-22-37-30-19-17-20-31(23-30)38-25-33(36)34-32-21-15-14-18-29(32)24-35-27-39-26-28(35)2/h14-15,17-21,23,26H,3-13,16,22,24-25,27H2,1-2H3,(H,34,36). The Bertz CT molecular complexity index is 1010. The number of rotatable bonds is 20. The van der Waals surface area contributed by atoms with Crippen LogP contribution in [0.25, 0.3) is 0 Å². The van der Waals surface area contributed by atoms with Gasteiger partial charge in [0.25, 0.3) is 5.91 Å². The Hall–Kier alpha value is -2.60. The maximum atomic E-state index is 12.6. The molecule has 2 aromatic carbocycles. The average molecular weight is 553 g/mol. The second kappa shape index (κ2) is 18.6. The number of unbranched alkanes of at least 4 members (excludes halogenated alkanes) is 11. The summed E-state index contributed by atoms with van der Waals surface area (Å²) in [6, 6.07) is 15.5. The van der Waals surface area contributed by atoms with Crippen molar-refractivity contribution in [3.8, 4) is 11.5 Å². The molecule has 6 heteroatoms. The van der Waals surface area contributed by atoms with Gasteiger partial charge in [0.2, 0.25) is 0 Å². The number of nitrogens with one attached hydrogen (secondary N) is 1. The minimum Gasteiger partial charge on any atom is -0.493 e. The van der Waals surface area contributed by atoms with Crippen molar-refractivity contribution in [2.75, 3.05) is 24.4 Å². The molecule has 1 heterocycles. The van der Waals surface area contributed by atoms with Crippen LogP contribution in [0.15, 0.2) is 59.6 Å². The number of hydrogen-bond acceptors (Lipinski definition) is 5. The Balaban J connectivity index is 1.28. The summed E-state index contributed by atoms with van der Waals surface area (Å²) in [5, 5.41) is 5.19. The normalized spacial score (nSPS) is 12.9. The van der Waals surface area contributed by atoms with E-state index in [0.717, 1.165) is 35.8 Å². The lowest BCUT2D eigenvalue weighted by atomic mass is 10.1. The fraction of sp³-hybridized carbons (Fsp3) is 0.545. The summed E-state index contributed by atoms with van der Waals surface area (Å²) in [6.07, 6.45) is 16.0. The maximum Gasteiger partial charge on any atom is 0.262 e. The lowest BCUT2D eigenvalue weighted by Crippen LogP contribution is -2.22.